The van der Waals surface area contributed by atoms with Crippen molar-refractivity contribution in [3.05, 3.63) is 40.6 Å². The molecule has 0 atom stereocenters. The molecule has 1 heterocycles. The number of benzene rings is 1. The van der Waals surface area contributed by atoms with Crippen LogP contribution in [0.25, 0.3) is 11.3 Å². The third-order valence-corrected chi connectivity index (χ3v) is 3.22. The van der Waals surface area contributed by atoms with Gasteiger partial charge >= 0.3 is 0 Å². The molecule has 1 aromatic heterocycles. The summed E-state index contributed by atoms with van der Waals surface area (Å²) in [5.41, 5.74) is 3.37. The second-order valence-electron chi connectivity index (χ2n) is 5.27. The lowest BCUT2D eigenvalue weighted by molar-refractivity contribution is 0.281. The highest BCUT2D eigenvalue weighted by molar-refractivity contribution is 6.29. The molecule has 2 aromatic rings. The van der Waals surface area contributed by atoms with Gasteiger partial charge in [-0.2, -0.15) is 0 Å². The van der Waals surface area contributed by atoms with E-state index in [0.717, 1.165) is 5.56 Å². The fraction of sp³-hybridized carbons (Fsp3) is 0.357. The van der Waals surface area contributed by atoms with Crippen LogP contribution in [0.15, 0.2) is 28.8 Å². The van der Waals surface area contributed by atoms with Gasteiger partial charge in [-0.05, 0) is 22.6 Å². The maximum atomic E-state index is 9.25. The van der Waals surface area contributed by atoms with Gasteiger partial charge in [-0.15, -0.1) is 0 Å². The third kappa shape index (κ3) is 2.42. The fourth-order valence-corrected chi connectivity index (χ4v) is 1.96. The van der Waals surface area contributed by atoms with E-state index in [1.54, 1.807) is 0 Å². The summed E-state index contributed by atoms with van der Waals surface area (Å²) in [6.45, 7) is 6.30. The summed E-state index contributed by atoms with van der Waals surface area (Å²) < 4.78 is 4.89. The summed E-state index contributed by atoms with van der Waals surface area (Å²) in [5, 5.41) is 13.3. The first-order valence-corrected chi connectivity index (χ1v) is 6.17. The molecule has 0 aliphatic rings. The third-order valence-electron chi connectivity index (χ3n) is 2.92. The largest absolute Gasteiger partial charge is 0.391 e. The quantitative estimate of drug-likeness (QED) is 0.899. The molecule has 0 unspecified atom stereocenters. The van der Waals surface area contributed by atoms with Crippen molar-refractivity contribution in [1.29, 1.82) is 0 Å². The molecule has 3 nitrogen and oxygen atoms in total. The average molecular weight is 266 g/mol. The number of hydrogen-bond acceptors (Lipinski definition) is 3. The number of aliphatic hydroxyl groups excluding tert-OH is 1. The lowest BCUT2D eigenvalue weighted by Gasteiger charge is -2.18. The second kappa shape index (κ2) is 4.75. The standard InChI is InChI=1S/C14H16ClNO2/c1-14(2,3)10-6-4-9(5-7-10)12-11(8-17)13(15)18-16-12/h4-7,17H,8H2,1-3H3. The Morgan fingerprint density at radius 2 is 1.83 bits per heavy atom. The number of hydrogen-bond donors (Lipinski definition) is 1. The van der Waals surface area contributed by atoms with Gasteiger partial charge < -0.3 is 9.63 Å². The molecule has 0 saturated heterocycles. The molecule has 18 heavy (non-hydrogen) atoms. The van der Waals surface area contributed by atoms with Crippen molar-refractivity contribution in [3.8, 4) is 11.3 Å². The fourth-order valence-electron chi connectivity index (χ4n) is 1.78. The highest BCUT2D eigenvalue weighted by Gasteiger charge is 2.17. The molecular weight excluding hydrogens is 250 g/mol. The van der Waals surface area contributed by atoms with E-state index < -0.39 is 0 Å². The van der Waals surface area contributed by atoms with E-state index in [4.69, 9.17) is 16.1 Å². The summed E-state index contributed by atoms with van der Waals surface area (Å²) in [6, 6.07) is 8.04. The molecule has 0 aliphatic carbocycles. The Morgan fingerprint density at radius 1 is 1.22 bits per heavy atom. The van der Waals surface area contributed by atoms with E-state index in [2.05, 4.69) is 38.1 Å². The Labute approximate surface area is 111 Å². The van der Waals surface area contributed by atoms with Crippen molar-refractivity contribution in [3.63, 3.8) is 0 Å². The van der Waals surface area contributed by atoms with Crippen LogP contribution in [-0.2, 0) is 12.0 Å². The Balaban J connectivity index is 2.40. The minimum atomic E-state index is -0.182. The highest BCUT2D eigenvalue weighted by atomic mass is 35.5. The maximum Gasteiger partial charge on any atom is 0.232 e. The molecular formula is C14H16ClNO2. The van der Waals surface area contributed by atoms with E-state index in [1.807, 2.05) is 12.1 Å². The molecule has 1 N–H and O–H groups in total. The van der Waals surface area contributed by atoms with Crippen LogP contribution in [0.1, 0.15) is 31.9 Å². The predicted octanol–water partition coefficient (Wildman–Crippen LogP) is 3.78. The highest BCUT2D eigenvalue weighted by Crippen LogP contribution is 2.30. The number of aromatic nitrogens is 1. The van der Waals surface area contributed by atoms with Crippen LogP contribution in [0, 0.1) is 0 Å². The van der Waals surface area contributed by atoms with Gasteiger partial charge in [0.05, 0.1) is 12.2 Å². The number of rotatable bonds is 2. The molecule has 0 fully saturated rings. The van der Waals surface area contributed by atoms with Crippen LogP contribution in [-0.4, -0.2) is 10.3 Å². The zero-order chi connectivity index (χ0) is 13.3. The molecule has 0 aliphatic heterocycles. The summed E-state index contributed by atoms with van der Waals surface area (Å²) >= 11 is 5.81. The predicted molar refractivity (Wildman–Crippen MR) is 71.6 cm³/mol. The Kier molecular flexibility index (Phi) is 3.46. The van der Waals surface area contributed by atoms with Gasteiger partial charge in [0.25, 0.3) is 0 Å². The summed E-state index contributed by atoms with van der Waals surface area (Å²) in [7, 11) is 0. The molecule has 96 valence electrons. The normalized spacial score (nSPS) is 11.8. The number of aliphatic hydroxyl groups is 1. The van der Waals surface area contributed by atoms with Crippen molar-refractivity contribution in [1.82, 2.24) is 5.16 Å². The zero-order valence-electron chi connectivity index (χ0n) is 10.7. The Bertz CT molecular complexity index is 538. The van der Waals surface area contributed by atoms with Gasteiger partial charge in [-0.1, -0.05) is 50.2 Å². The molecule has 0 saturated carbocycles. The molecule has 4 heteroatoms. The minimum absolute atomic E-state index is 0.111. The van der Waals surface area contributed by atoms with Crippen molar-refractivity contribution in [2.24, 2.45) is 0 Å². The lowest BCUT2D eigenvalue weighted by atomic mass is 9.86. The molecule has 0 radical (unpaired) electrons. The van der Waals surface area contributed by atoms with E-state index in [-0.39, 0.29) is 17.2 Å². The first-order valence-electron chi connectivity index (χ1n) is 5.79. The van der Waals surface area contributed by atoms with Crippen LogP contribution in [0.5, 0.6) is 0 Å². The SMILES string of the molecule is CC(C)(C)c1ccc(-c2noc(Cl)c2CO)cc1. The summed E-state index contributed by atoms with van der Waals surface area (Å²) in [6.07, 6.45) is 0. The Morgan fingerprint density at radius 3 is 2.33 bits per heavy atom. The van der Waals surface area contributed by atoms with Gasteiger partial charge in [-0.25, -0.2) is 0 Å². The van der Waals surface area contributed by atoms with Crippen molar-refractivity contribution in [2.45, 2.75) is 32.8 Å². The van der Waals surface area contributed by atoms with Crippen molar-refractivity contribution >= 4 is 11.6 Å². The Hall–Kier alpha value is -1.32. The number of nitrogens with zero attached hydrogens (tertiary/aromatic N) is 1. The molecule has 2 rings (SSSR count). The minimum Gasteiger partial charge on any atom is -0.391 e. The van der Waals surface area contributed by atoms with E-state index in [1.165, 1.54) is 5.56 Å². The molecule has 0 spiro atoms. The van der Waals surface area contributed by atoms with Crippen LogP contribution in [0.4, 0.5) is 0 Å². The van der Waals surface area contributed by atoms with Crippen LogP contribution in [0.2, 0.25) is 5.22 Å². The maximum absolute atomic E-state index is 9.25. The first kappa shape index (κ1) is 13.1. The van der Waals surface area contributed by atoms with Crippen molar-refractivity contribution in [2.75, 3.05) is 0 Å². The topological polar surface area (TPSA) is 46.3 Å². The van der Waals surface area contributed by atoms with Crippen LogP contribution in [0.3, 0.4) is 0 Å². The number of halogens is 1. The van der Waals surface area contributed by atoms with Gasteiger partial charge in [0.15, 0.2) is 0 Å². The summed E-state index contributed by atoms with van der Waals surface area (Å²) in [5.74, 6) is 0. The smallest absolute Gasteiger partial charge is 0.232 e. The van der Waals surface area contributed by atoms with Crippen LogP contribution < -0.4 is 0 Å². The monoisotopic (exact) mass is 265 g/mol. The van der Waals surface area contributed by atoms with E-state index in [9.17, 15) is 5.11 Å². The van der Waals surface area contributed by atoms with E-state index >= 15 is 0 Å². The van der Waals surface area contributed by atoms with Gasteiger partial charge in [-0.3, -0.25) is 0 Å². The molecule has 0 amide bonds. The first-order chi connectivity index (χ1) is 8.43. The zero-order valence-corrected chi connectivity index (χ0v) is 11.5. The summed E-state index contributed by atoms with van der Waals surface area (Å²) in [4.78, 5) is 0. The lowest BCUT2D eigenvalue weighted by Crippen LogP contribution is -2.10. The van der Waals surface area contributed by atoms with Crippen LogP contribution >= 0.6 is 11.6 Å². The molecule has 0 bridgehead atoms. The average Bonchev–Trinajstić information content (AvgIpc) is 2.69. The molecule has 1 aromatic carbocycles. The van der Waals surface area contributed by atoms with E-state index in [0.29, 0.717) is 11.3 Å². The van der Waals surface area contributed by atoms with Gasteiger partial charge in [0.1, 0.15) is 5.69 Å². The van der Waals surface area contributed by atoms with Gasteiger partial charge in [0.2, 0.25) is 5.22 Å². The second-order valence-corrected chi connectivity index (χ2v) is 5.61. The van der Waals surface area contributed by atoms with Gasteiger partial charge in [0, 0.05) is 5.56 Å². The van der Waals surface area contributed by atoms with Crippen molar-refractivity contribution < 1.29 is 9.63 Å².